The van der Waals surface area contributed by atoms with E-state index in [-0.39, 0.29) is 18.5 Å². The number of nitrogens with one attached hydrogen (secondary N) is 1. The third-order valence-electron chi connectivity index (χ3n) is 3.37. The van der Waals surface area contributed by atoms with Crippen LogP contribution in [0.2, 0.25) is 0 Å². The van der Waals surface area contributed by atoms with Gasteiger partial charge in [0.25, 0.3) is 0 Å². The Morgan fingerprint density at radius 2 is 1.79 bits per heavy atom. The summed E-state index contributed by atoms with van der Waals surface area (Å²) in [4.78, 5) is 24.3. The summed E-state index contributed by atoms with van der Waals surface area (Å²) in [6.45, 7) is 9.29. The molecule has 2 N–H and O–H groups in total. The molecule has 19 heavy (non-hydrogen) atoms. The number of rotatable bonds is 9. The van der Waals surface area contributed by atoms with Gasteiger partial charge in [-0.2, -0.15) is 0 Å². The molecule has 2 amide bonds. The van der Waals surface area contributed by atoms with Gasteiger partial charge < -0.3 is 15.3 Å². The molecule has 0 saturated heterocycles. The van der Waals surface area contributed by atoms with Gasteiger partial charge in [0, 0.05) is 25.6 Å². The van der Waals surface area contributed by atoms with E-state index in [1.165, 1.54) is 0 Å². The van der Waals surface area contributed by atoms with Gasteiger partial charge in [-0.3, -0.25) is 4.79 Å². The Labute approximate surface area is 116 Å². The first-order chi connectivity index (χ1) is 8.92. The van der Waals surface area contributed by atoms with Crippen LogP contribution in [0.3, 0.4) is 0 Å². The lowest BCUT2D eigenvalue weighted by molar-refractivity contribution is -0.137. The number of nitrogens with zero attached hydrogens (tertiary/aromatic N) is 1. The van der Waals surface area contributed by atoms with Crippen molar-refractivity contribution in [3.8, 4) is 0 Å². The summed E-state index contributed by atoms with van der Waals surface area (Å²) in [7, 11) is 0. The molecule has 0 aromatic heterocycles. The number of hydrogen-bond donors (Lipinski definition) is 2. The molecule has 0 saturated carbocycles. The number of urea groups is 1. The molecule has 0 spiro atoms. The minimum Gasteiger partial charge on any atom is -0.481 e. The van der Waals surface area contributed by atoms with Crippen LogP contribution >= 0.6 is 0 Å². The Kier molecular flexibility index (Phi) is 9.00. The minimum absolute atomic E-state index is 0.0792. The van der Waals surface area contributed by atoms with Crippen molar-refractivity contribution in [3.63, 3.8) is 0 Å². The lowest BCUT2D eigenvalue weighted by atomic mass is 10.0. The molecule has 0 aliphatic heterocycles. The van der Waals surface area contributed by atoms with Crippen LogP contribution < -0.4 is 5.32 Å². The van der Waals surface area contributed by atoms with Gasteiger partial charge in [0.2, 0.25) is 0 Å². The van der Waals surface area contributed by atoms with Gasteiger partial charge in [0.1, 0.15) is 0 Å². The van der Waals surface area contributed by atoms with E-state index in [0.29, 0.717) is 25.4 Å². The Hall–Kier alpha value is -1.26. The molecule has 0 radical (unpaired) electrons. The third kappa shape index (κ3) is 7.70. The molecule has 0 atom stereocenters. The lowest BCUT2D eigenvalue weighted by Gasteiger charge is -2.27. The standard InChI is InChI=1S/C14H28N2O3/c1-5-12(6-2)10-15-14(19)16(11(3)4)9-7-8-13(17)18/h11-12H,5-10H2,1-4H3,(H,15,19)(H,17,18). The molecule has 0 aromatic rings. The Balaban J connectivity index is 4.21. The first kappa shape index (κ1) is 17.7. The molecule has 0 heterocycles. The monoisotopic (exact) mass is 272 g/mol. The molecule has 0 aliphatic rings. The summed E-state index contributed by atoms with van der Waals surface area (Å²) in [5.74, 6) is -0.307. The van der Waals surface area contributed by atoms with Crippen molar-refractivity contribution in [1.29, 1.82) is 0 Å². The van der Waals surface area contributed by atoms with Crippen molar-refractivity contribution in [2.75, 3.05) is 13.1 Å². The van der Waals surface area contributed by atoms with E-state index in [1.807, 2.05) is 13.8 Å². The zero-order valence-corrected chi connectivity index (χ0v) is 12.6. The number of aliphatic carboxylic acids is 1. The highest BCUT2D eigenvalue weighted by Gasteiger charge is 2.17. The van der Waals surface area contributed by atoms with E-state index >= 15 is 0 Å². The van der Waals surface area contributed by atoms with E-state index in [0.717, 1.165) is 12.8 Å². The summed E-state index contributed by atoms with van der Waals surface area (Å²) in [5.41, 5.74) is 0. The zero-order chi connectivity index (χ0) is 14.8. The topological polar surface area (TPSA) is 69.6 Å². The predicted molar refractivity (Wildman–Crippen MR) is 76.2 cm³/mol. The van der Waals surface area contributed by atoms with Gasteiger partial charge in [0.15, 0.2) is 0 Å². The fourth-order valence-electron chi connectivity index (χ4n) is 1.91. The maximum Gasteiger partial charge on any atom is 0.317 e. The Morgan fingerprint density at radius 3 is 2.21 bits per heavy atom. The normalized spacial score (nSPS) is 10.8. The average molecular weight is 272 g/mol. The van der Waals surface area contributed by atoms with Gasteiger partial charge in [0.05, 0.1) is 0 Å². The van der Waals surface area contributed by atoms with Crippen LogP contribution in [0.25, 0.3) is 0 Å². The van der Waals surface area contributed by atoms with E-state index in [9.17, 15) is 9.59 Å². The zero-order valence-electron chi connectivity index (χ0n) is 12.6. The van der Waals surface area contributed by atoms with Gasteiger partial charge >= 0.3 is 12.0 Å². The summed E-state index contributed by atoms with van der Waals surface area (Å²) >= 11 is 0. The minimum atomic E-state index is -0.818. The van der Waals surface area contributed by atoms with Gasteiger partial charge in [-0.1, -0.05) is 26.7 Å². The SMILES string of the molecule is CCC(CC)CNC(=O)N(CCCC(=O)O)C(C)C. The van der Waals surface area contributed by atoms with Crippen LogP contribution in [0.4, 0.5) is 4.79 Å². The molecule has 0 aromatic carbocycles. The van der Waals surface area contributed by atoms with Crippen molar-refractivity contribution in [1.82, 2.24) is 10.2 Å². The molecule has 0 rings (SSSR count). The molecule has 0 aliphatic carbocycles. The van der Waals surface area contributed by atoms with Crippen LogP contribution in [-0.4, -0.2) is 41.1 Å². The predicted octanol–water partition coefficient (Wildman–Crippen LogP) is 2.71. The summed E-state index contributed by atoms with van der Waals surface area (Å²) < 4.78 is 0. The van der Waals surface area contributed by atoms with E-state index in [1.54, 1.807) is 4.90 Å². The highest BCUT2D eigenvalue weighted by molar-refractivity contribution is 5.74. The fraction of sp³-hybridized carbons (Fsp3) is 0.857. The first-order valence-electron chi connectivity index (χ1n) is 7.18. The molecule has 0 unspecified atom stereocenters. The van der Waals surface area contributed by atoms with Crippen molar-refractivity contribution in [3.05, 3.63) is 0 Å². The molecule has 0 fully saturated rings. The quantitative estimate of drug-likeness (QED) is 0.678. The number of carbonyl (C=O) groups is 2. The van der Waals surface area contributed by atoms with E-state index in [4.69, 9.17) is 5.11 Å². The number of carboxylic acid groups (broad SMARTS) is 1. The number of carboxylic acids is 1. The average Bonchev–Trinajstić information content (AvgIpc) is 2.34. The summed E-state index contributed by atoms with van der Waals surface area (Å²) in [6, 6.07) is -0.0113. The van der Waals surface area contributed by atoms with Crippen LogP contribution in [0.5, 0.6) is 0 Å². The Morgan fingerprint density at radius 1 is 1.21 bits per heavy atom. The van der Waals surface area contributed by atoms with Crippen LogP contribution in [0.1, 0.15) is 53.4 Å². The Bertz CT molecular complexity index is 276. The number of hydrogen-bond acceptors (Lipinski definition) is 2. The van der Waals surface area contributed by atoms with Crippen molar-refractivity contribution in [2.24, 2.45) is 5.92 Å². The highest BCUT2D eigenvalue weighted by atomic mass is 16.4. The number of carbonyl (C=O) groups excluding carboxylic acids is 1. The lowest BCUT2D eigenvalue weighted by Crippen LogP contribution is -2.45. The van der Waals surface area contributed by atoms with E-state index in [2.05, 4.69) is 19.2 Å². The second kappa shape index (κ2) is 9.64. The largest absolute Gasteiger partial charge is 0.481 e. The molecule has 5 heteroatoms. The summed E-state index contributed by atoms with van der Waals surface area (Å²) in [6.07, 6.45) is 2.70. The van der Waals surface area contributed by atoms with Crippen molar-refractivity contribution < 1.29 is 14.7 Å². The second-order valence-electron chi connectivity index (χ2n) is 5.15. The maximum atomic E-state index is 12.1. The van der Waals surface area contributed by atoms with Gasteiger partial charge in [-0.25, -0.2) is 4.79 Å². The third-order valence-corrected chi connectivity index (χ3v) is 3.37. The van der Waals surface area contributed by atoms with Crippen LogP contribution in [0.15, 0.2) is 0 Å². The van der Waals surface area contributed by atoms with Crippen LogP contribution in [0, 0.1) is 5.92 Å². The molecular weight excluding hydrogens is 244 g/mol. The number of amides is 2. The van der Waals surface area contributed by atoms with Gasteiger partial charge in [-0.05, 0) is 26.2 Å². The van der Waals surface area contributed by atoms with Crippen molar-refractivity contribution >= 4 is 12.0 Å². The molecule has 5 nitrogen and oxygen atoms in total. The summed E-state index contributed by atoms with van der Waals surface area (Å²) in [5, 5.41) is 11.6. The highest BCUT2D eigenvalue weighted by Crippen LogP contribution is 2.07. The molecule has 112 valence electrons. The fourth-order valence-corrected chi connectivity index (χ4v) is 1.91. The van der Waals surface area contributed by atoms with Gasteiger partial charge in [-0.15, -0.1) is 0 Å². The van der Waals surface area contributed by atoms with E-state index < -0.39 is 5.97 Å². The molecule has 0 bridgehead atoms. The maximum absolute atomic E-state index is 12.1. The smallest absolute Gasteiger partial charge is 0.317 e. The first-order valence-corrected chi connectivity index (χ1v) is 7.18. The second-order valence-corrected chi connectivity index (χ2v) is 5.15. The molecular formula is C14H28N2O3. The van der Waals surface area contributed by atoms with Crippen molar-refractivity contribution in [2.45, 2.75) is 59.4 Å². The van der Waals surface area contributed by atoms with Crippen LogP contribution in [-0.2, 0) is 4.79 Å².